The number of nitrogens with zero attached hydrogens (tertiary/aromatic N) is 3. The van der Waals surface area contributed by atoms with Crippen LogP contribution in [-0.2, 0) is 14.8 Å². The van der Waals surface area contributed by atoms with Crippen LogP contribution in [0.3, 0.4) is 0 Å². The highest BCUT2D eigenvalue weighted by Gasteiger charge is 2.39. The van der Waals surface area contributed by atoms with Gasteiger partial charge in [0.2, 0.25) is 15.9 Å². The smallest absolute Gasteiger partial charge is 0.264 e. The highest BCUT2D eigenvalue weighted by molar-refractivity contribution is 7.89. The molecule has 0 saturated carbocycles. The third-order valence-electron chi connectivity index (χ3n) is 6.44. The second-order valence-electron chi connectivity index (χ2n) is 8.37. The molecule has 5 rings (SSSR count). The molecule has 0 aliphatic carbocycles. The maximum Gasteiger partial charge on any atom is 0.264 e. The van der Waals surface area contributed by atoms with Gasteiger partial charge in [0.25, 0.3) is 5.91 Å². The number of thiophene rings is 1. The van der Waals surface area contributed by atoms with Crippen molar-refractivity contribution in [2.75, 3.05) is 32.7 Å². The highest BCUT2D eigenvalue weighted by atomic mass is 32.2. The zero-order chi connectivity index (χ0) is 23.0. The summed E-state index contributed by atoms with van der Waals surface area (Å²) < 4.78 is 27.9. The van der Waals surface area contributed by atoms with Crippen molar-refractivity contribution in [1.82, 2.24) is 14.1 Å². The van der Waals surface area contributed by atoms with Crippen LogP contribution < -0.4 is 0 Å². The minimum Gasteiger partial charge on any atom is -0.338 e. The lowest BCUT2D eigenvalue weighted by atomic mass is 10.1. The van der Waals surface area contributed by atoms with Crippen LogP contribution in [0, 0.1) is 0 Å². The SMILES string of the molecule is O=C([C@@H]1CCCN1C(=O)c1cccs1)N1CCN(S(=O)(=O)c2ccc3ccccc3c2)CC1. The van der Waals surface area contributed by atoms with Gasteiger partial charge in [-0.25, -0.2) is 8.42 Å². The summed E-state index contributed by atoms with van der Waals surface area (Å²) in [5.74, 6) is -0.182. The van der Waals surface area contributed by atoms with Crippen molar-refractivity contribution < 1.29 is 18.0 Å². The summed E-state index contributed by atoms with van der Waals surface area (Å²) in [6, 6.07) is 16.0. The van der Waals surface area contributed by atoms with Crippen LogP contribution >= 0.6 is 11.3 Å². The van der Waals surface area contributed by atoms with Crippen molar-refractivity contribution in [2.24, 2.45) is 0 Å². The summed E-state index contributed by atoms with van der Waals surface area (Å²) in [6.07, 6.45) is 1.44. The maximum atomic E-state index is 13.2. The first-order chi connectivity index (χ1) is 15.9. The fraction of sp³-hybridized carbons (Fsp3) is 0.333. The number of hydrogen-bond donors (Lipinski definition) is 0. The van der Waals surface area contributed by atoms with Gasteiger partial charge in [0, 0.05) is 32.7 Å². The monoisotopic (exact) mass is 483 g/mol. The van der Waals surface area contributed by atoms with Crippen molar-refractivity contribution in [1.29, 1.82) is 0 Å². The molecular weight excluding hydrogens is 458 g/mol. The summed E-state index contributed by atoms with van der Waals surface area (Å²) in [5, 5.41) is 3.73. The molecule has 2 aliphatic rings. The Morgan fingerprint density at radius 1 is 0.879 bits per heavy atom. The molecule has 33 heavy (non-hydrogen) atoms. The average Bonchev–Trinajstić information content (AvgIpc) is 3.55. The van der Waals surface area contributed by atoms with E-state index in [4.69, 9.17) is 0 Å². The summed E-state index contributed by atoms with van der Waals surface area (Å²) in [7, 11) is -3.64. The van der Waals surface area contributed by atoms with Crippen LogP contribution in [0.15, 0.2) is 64.9 Å². The van der Waals surface area contributed by atoms with Gasteiger partial charge in [-0.1, -0.05) is 36.4 Å². The van der Waals surface area contributed by atoms with Crippen molar-refractivity contribution >= 4 is 43.9 Å². The number of rotatable bonds is 4. The first-order valence-corrected chi connectivity index (χ1v) is 13.4. The van der Waals surface area contributed by atoms with Crippen molar-refractivity contribution in [2.45, 2.75) is 23.8 Å². The highest BCUT2D eigenvalue weighted by Crippen LogP contribution is 2.26. The van der Waals surface area contributed by atoms with E-state index in [0.29, 0.717) is 30.9 Å². The molecule has 0 bridgehead atoms. The largest absolute Gasteiger partial charge is 0.338 e. The second kappa shape index (κ2) is 8.89. The lowest BCUT2D eigenvalue weighted by Gasteiger charge is -2.36. The number of carbonyl (C=O) groups excluding carboxylic acids is 2. The molecule has 3 aromatic rings. The van der Waals surface area contributed by atoms with Gasteiger partial charge >= 0.3 is 0 Å². The van der Waals surface area contributed by atoms with Gasteiger partial charge in [-0.15, -0.1) is 11.3 Å². The molecule has 0 radical (unpaired) electrons. The Bertz CT molecular complexity index is 1280. The van der Waals surface area contributed by atoms with Gasteiger partial charge in [-0.05, 0) is 47.2 Å². The second-order valence-corrected chi connectivity index (χ2v) is 11.3. The van der Waals surface area contributed by atoms with E-state index >= 15 is 0 Å². The van der Waals surface area contributed by atoms with Gasteiger partial charge in [-0.2, -0.15) is 4.31 Å². The molecule has 1 aromatic heterocycles. The summed E-state index contributed by atoms with van der Waals surface area (Å²) >= 11 is 1.38. The predicted octanol–water partition coefficient (Wildman–Crippen LogP) is 3.04. The van der Waals surface area contributed by atoms with Crippen molar-refractivity contribution in [3.05, 3.63) is 64.9 Å². The van der Waals surface area contributed by atoms with Gasteiger partial charge < -0.3 is 9.80 Å². The zero-order valence-corrected chi connectivity index (χ0v) is 19.7. The fourth-order valence-corrected chi connectivity index (χ4v) is 6.78. The maximum absolute atomic E-state index is 13.2. The zero-order valence-electron chi connectivity index (χ0n) is 18.1. The molecule has 1 atom stereocenters. The molecule has 172 valence electrons. The molecule has 0 N–H and O–H groups in total. The molecule has 2 aromatic carbocycles. The summed E-state index contributed by atoms with van der Waals surface area (Å²) in [5.41, 5.74) is 0. The Hall–Kier alpha value is -2.75. The molecule has 2 saturated heterocycles. The van der Waals surface area contributed by atoms with Crippen LogP contribution in [0.1, 0.15) is 22.5 Å². The minimum atomic E-state index is -3.64. The van der Waals surface area contributed by atoms with Crippen LogP contribution in [0.4, 0.5) is 0 Å². The third kappa shape index (κ3) is 4.16. The Morgan fingerprint density at radius 3 is 2.36 bits per heavy atom. The number of benzene rings is 2. The average molecular weight is 484 g/mol. The topological polar surface area (TPSA) is 78.0 Å². The Morgan fingerprint density at radius 2 is 1.64 bits per heavy atom. The molecule has 9 heteroatoms. The number of hydrogen-bond acceptors (Lipinski definition) is 5. The summed E-state index contributed by atoms with van der Waals surface area (Å²) in [6.45, 7) is 1.70. The normalized spacial score (nSPS) is 19.8. The predicted molar refractivity (Wildman–Crippen MR) is 128 cm³/mol. The molecular formula is C24H25N3O4S2. The Balaban J connectivity index is 1.26. The van der Waals surface area contributed by atoms with Crippen LogP contribution in [0.25, 0.3) is 10.8 Å². The van der Waals surface area contributed by atoms with E-state index in [2.05, 4.69) is 0 Å². The molecule has 2 fully saturated rings. The van der Waals surface area contributed by atoms with E-state index in [-0.39, 0.29) is 29.8 Å². The van der Waals surface area contributed by atoms with E-state index in [1.54, 1.807) is 28.0 Å². The van der Waals surface area contributed by atoms with Crippen molar-refractivity contribution in [3.63, 3.8) is 0 Å². The van der Waals surface area contributed by atoms with Gasteiger partial charge in [0.05, 0.1) is 9.77 Å². The summed E-state index contributed by atoms with van der Waals surface area (Å²) in [4.78, 5) is 30.3. The standard InChI is InChI=1S/C24H25N3O4S2/c28-23(21-7-3-11-27(21)24(29)22-8-4-16-32-22)25-12-14-26(15-13-25)33(30,31)20-10-9-18-5-1-2-6-19(18)17-20/h1-2,4-6,8-10,16-17,21H,3,7,11-15H2/t21-/m0/s1. The number of carbonyl (C=O) groups is 2. The molecule has 7 nitrogen and oxygen atoms in total. The van der Waals surface area contributed by atoms with Crippen molar-refractivity contribution in [3.8, 4) is 0 Å². The van der Waals surface area contributed by atoms with E-state index in [1.807, 2.05) is 41.8 Å². The van der Waals surface area contributed by atoms with E-state index in [1.165, 1.54) is 15.6 Å². The number of fused-ring (bicyclic) bond motifs is 1. The minimum absolute atomic E-state index is 0.0832. The lowest BCUT2D eigenvalue weighted by molar-refractivity contribution is -0.136. The molecule has 0 unspecified atom stereocenters. The first kappa shape index (κ1) is 22.1. The van der Waals surface area contributed by atoms with Gasteiger partial charge in [-0.3, -0.25) is 9.59 Å². The Labute approximate surface area is 197 Å². The number of piperazine rings is 1. The molecule has 0 spiro atoms. The van der Waals surface area contributed by atoms with Crippen LogP contribution in [-0.4, -0.2) is 73.1 Å². The van der Waals surface area contributed by atoms with E-state index < -0.39 is 16.1 Å². The lowest BCUT2D eigenvalue weighted by Crippen LogP contribution is -2.55. The number of amides is 2. The van der Waals surface area contributed by atoms with E-state index in [9.17, 15) is 18.0 Å². The third-order valence-corrected chi connectivity index (χ3v) is 9.19. The van der Waals surface area contributed by atoms with Crippen LogP contribution in [0.2, 0.25) is 0 Å². The molecule has 2 amide bonds. The van der Waals surface area contributed by atoms with Gasteiger partial charge in [0.15, 0.2) is 0 Å². The first-order valence-electron chi connectivity index (χ1n) is 11.1. The number of likely N-dealkylation sites (tertiary alicyclic amines) is 1. The van der Waals surface area contributed by atoms with Crippen LogP contribution in [0.5, 0.6) is 0 Å². The molecule has 3 heterocycles. The quantitative estimate of drug-likeness (QED) is 0.572. The van der Waals surface area contributed by atoms with E-state index in [0.717, 1.165) is 17.2 Å². The number of sulfonamides is 1. The molecule has 2 aliphatic heterocycles. The fourth-order valence-electron chi connectivity index (χ4n) is 4.64. The van der Waals surface area contributed by atoms with Gasteiger partial charge in [0.1, 0.15) is 6.04 Å². The Kier molecular flexibility index (Phi) is 5.94.